The SMILES string of the molecule is CN1C(=O)C(c2ccc(Nc3nc(-c4c(F)cccc4F)nc4c3C(=O)NC4)cc2)Oc2ccccc21. The number of carbonyl (C=O) groups excluding carboxylic acids is 2. The van der Waals surface area contributed by atoms with Crippen LogP contribution in [0.15, 0.2) is 66.7 Å². The van der Waals surface area contributed by atoms with Gasteiger partial charge < -0.3 is 20.3 Å². The van der Waals surface area contributed by atoms with Crippen molar-refractivity contribution >= 4 is 29.0 Å². The van der Waals surface area contributed by atoms with Gasteiger partial charge in [-0.1, -0.05) is 30.3 Å². The molecule has 0 saturated carbocycles. The highest BCUT2D eigenvalue weighted by molar-refractivity contribution is 6.03. The third-order valence-electron chi connectivity index (χ3n) is 6.32. The number of likely N-dealkylation sites (N-methyl/N-ethyl adjacent to an activating group) is 1. The minimum Gasteiger partial charge on any atom is -0.474 e. The van der Waals surface area contributed by atoms with Gasteiger partial charge in [0.2, 0.25) is 6.10 Å². The first-order valence-corrected chi connectivity index (χ1v) is 11.4. The fraction of sp³-hybridized carbons (Fsp3) is 0.111. The van der Waals surface area contributed by atoms with E-state index in [9.17, 15) is 18.4 Å². The van der Waals surface area contributed by atoms with Crippen LogP contribution in [0.3, 0.4) is 0 Å². The number of carbonyl (C=O) groups is 2. The first kappa shape index (κ1) is 22.6. The Morgan fingerprint density at radius 1 is 0.946 bits per heavy atom. The molecule has 8 nitrogen and oxygen atoms in total. The van der Waals surface area contributed by atoms with E-state index in [4.69, 9.17) is 4.74 Å². The van der Waals surface area contributed by atoms with E-state index < -0.39 is 23.6 Å². The minimum atomic E-state index is -0.821. The lowest BCUT2D eigenvalue weighted by atomic mass is 10.1. The molecule has 0 aliphatic carbocycles. The van der Waals surface area contributed by atoms with Crippen LogP contribution >= 0.6 is 0 Å². The van der Waals surface area contributed by atoms with Crippen molar-refractivity contribution in [2.24, 2.45) is 0 Å². The minimum absolute atomic E-state index is 0.115. The number of nitrogens with one attached hydrogen (secondary N) is 2. The number of aromatic nitrogens is 2. The molecule has 0 fully saturated rings. The van der Waals surface area contributed by atoms with E-state index in [-0.39, 0.29) is 35.2 Å². The van der Waals surface area contributed by atoms with Gasteiger partial charge in [-0.15, -0.1) is 0 Å². The van der Waals surface area contributed by atoms with Crippen LogP contribution in [0.1, 0.15) is 27.7 Å². The molecular weight excluding hydrogens is 480 g/mol. The molecule has 37 heavy (non-hydrogen) atoms. The number of ether oxygens (including phenoxy) is 1. The van der Waals surface area contributed by atoms with Crippen LogP contribution in [0, 0.1) is 11.6 Å². The van der Waals surface area contributed by atoms with E-state index in [1.807, 2.05) is 18.2 Å². The molecule has 1 aromatic heterocycles. The Morgan fingerprint density at radius 3 is 2.43 bits per heavy atom. The molecule has 3 aromatic carbocycles. The lowest BCUT2D eigenvalue weighted by molar-refractivity contribution is -0.126. The van der Waals surface area contributed by atoms with Gasteiger partial charge in [-0.3, -0.25) is 9.59 Å². The number of fused-ring (bicyclic) bond motifs is 2. The normalized spacial score (nSPS) is 16.1. The number of rotatable bonds is 4. The zero-order valence-electron chi connectivity index (χ0n) is 19.5. The van der Waals surface area contributed by atoms with Gasteiger partial charge in [0.25, 0.3) is 11.8 Å². The van der Waals surface area contributed by atoms with E-state index in [0.29, 0.717) is 28.4 Å². The lowest BCUT2D eigenvalue weighted by Crippen LogP contribution is -2.38. The van der Waals surface area contributed by atoms with E-state index in [1.54, 1.807) is 42.3 Å². The van der Waals surface area contributed by atoms with E-state index in [2.05, 4.69) is 20.6 Å². The van der Waals surface area contributed by atoms with Crippen molar-refractivity contribution in [3.63, 3.8) is 0 Å². The van der Waals surface area contributed by atoms with E-state index in [0.717, 1.165) is 12.1 Å². The molecule has 2 aliphatic heterocycles. The molecule has 6 rings (SSSR count). The number of nitrogens with zero attached hydrogens (tertiary/aromatic N) is 3. The van der Waals surface area contributed by atoms with Crippen LogP contribution in [0.4, 0.5) is 26.0 Å². The number of anilines is 3. The molecule has 1 unspecified atom stereocenters. The number of halogens is 2. The topological polar surface area (TPSA) is 96.5 Å². The van der Waals surface area contributed by atoms with Crippen molar-refractivity contribution in [1.29, 1.82) is 0 Å². The Labute approximate surface area is 209 Å². The molecule has 0 bridgehead atoms. The summed E-state index contributed by atoms with van der Waals surface area (Å²) >= 11 is 0. The van der Waals surface area contributed by atoms with Crippen LogP contribution in [-0.2, 0) is 11.3 Å². The Morgan fingerprint density at radius 2 is 1.68 bits per heavy atom. The first-order valence-electron chi connectivity index (χ1n) is 11.4. The van der Waals surface area contributed by atoms with Gasteiger partial charge in [0, 0.05) is 18.3 Å². The second-order valence-corrected chi connectivity index (χ2v) is 8.61. The summed E-state index contributed by atoms with van der Waals surface area (Å²) in [5.74, 6) is -1.67. The first-order chi connectivity index (χ1) is 17.9. The molecule has 184 valence electrons. The Kier molecular flexibility index (Phi) is 5.29. The van der Waals surface area contributed by atoms with Crippen molar-refractivity contribution in [1.82, 2.24) is 15.3 Å². The van der Waals surface area contributed by atoms with Crippen LogP contribution in [0.5, 0.6) is 5.75 Å². The summed E-state index contributed by atoms with van der Waals surface area (Å²) in [6.07, 6.45) is -0.821. The summed E-state index contributed by atoms with van der Waals surface area (Å²) in [5.41, 5.74) is 2.03. The maximum atomic E-state index is 14.4. The van der Waals surface area contributed by atoms with Crippen LogP contribution in [0.2, 0.25) is 0 Å². The predicted molar refractivity (Wildman–Crippen MR) is 131 cm³/mol. The van der Waals surface area contributed by atoms with Crippen LogP contribution < -0.4 is 20.3 Å². The molecular formula is C27H19F2N5O3. The van der Waals surface area contributed by atoms with Crippen LogP contribution in [-0.4, -0.2) is 28.8 Å². The van der Waals surface area contributed by atoms with Crippen molar-refractivity contribution in [2.45, 2.75) is 12.6 Å². The molecule has 0 saturated heterocycles. The van der Waals surface area contributed by atoms with Crippen LogP contribution in [0.25, 0.3) is 11.4 Å². The van der Waals surface area contributed by atoms with Crippen molar-refractivity contribution in [2.75, 3.05) is 17.3 Å². The molecule has 3 heterocycles. The summed E-state index contributed by atoms with van der Waals surface area (Å²) in [6, 6.07) is 17.7. The van der Waals surface area contributed by atoms with E-state index in [1.165, 1.54) is 6.07 Å². The van der Waals surface area contributed by atoms with Crippen molar-refractivity contribution in [3.05, 3.63) is 95.2 Å². The Bertz CT molecular complexity index is 1560. The average molecular weight is 499 g/mol. The quantitative estimate of drug-likeness (QED) is 0.429. The fourth-order valence-corrected chi connectivity index (χ4v) is 4.43. The molecule has 4 aromatic rings. The second kappa shape index (κ2) is 8.66. The summed E-state index contributed by atoms with van der Waals surface area (Å²) in [5, 5.41) is 5.72. The molecule has 2 N–H and O–H groups in total. The molecule has 0 radical (unpaired) electrons. The highest BCUT2D eigenvalue weighted by Crippen LogP contribution is 2.38. The summed E-state index contributed by atoms with van der Waals surface area (Å²) in [4.78, 5) is 35.5. The number of hydrogen-bond acceptors (Lipinski definition) is 6. The van der Waals surface area contributed by atoms with Crippen molar-refractivity contribution in [3.8, 4) is 17.1 Å². The number of benzene rings is 3. The third kappa shape index (κ3) is 3.83. The van der Waals surface area contributed by atoms with Gasteiger partial charge in [0.15, 0.2) is 5.82 Å². The highest BCUT2D eigenvalue weighted by Gasteiger charge is 2.33. The molecule has 10 heteroatoms. The molecule has 2 amide bonds. The van der Waals surface area contributed by atoms with E-state index >= 15 is 0 Å². The third-order valence-corrected chi connectivity index (χ3v) is 6.32. The molecule has 0 spiro atoms. The molecule has 2 aliphatic rings. The van der Waals surface area contributed by atoms with Gasteiger partial charge in [0.05, 0.1) is 23.5 Å². The number of para-hydroxylation sites is 2. The van der Waals surface area contributed by atoms with Gasteiger partial charge in [-0.25, -0.2) is 18.7 Å². The molecule has 1 atom stereocenters. The predicted octanol–water partition coefficient (Wildman–Crippen LogP) is 4.51. The smallest absolute Gasteiger partial charge is 0.272 e. The monoisotopic (exact) mass is 499 g/mol. The maximum absolute atomic E-state index is 14.4. The lowest BCUT2D eigenvalue weighted by Gasteiger charge is -2.32. The van der Waals surface area contributed by atoms with Gasteiger partial charge in [-0.2, -0.15) is 0 Å². The van der Waals surface area contributed by atoms with Gasteiger partial charge >= 0.3 is 0 Å². The summed E-state index contributed by atoms with van der Waals surface area (Å²) in [7, 11) is 1.70. The Balaban J connectivity index is 1.33. The summed E-state index contributed by atoms with van der Waals surface area (Å²) < 4.78 is 34.8. The van der Waals surface area contributed by atoms with Crippen molar-refractivity contribution < 1.29 is 23.1 Å². The second-order valence-electron chi connectivity index (χ2n) is 8.61. The summed E-state index contributed by atoms with van der Waals surface area (Å²) in [6.45, 7) is 0.115. The number of amides is 2. The average Bonchev–Trinajstić information content (AvgIpc) is 3.27. The standard InChI is InChI=1S/C27H19F2N5O3/c1-34-19-7-2-3-8-20(19)37-23(27(34)36)14-9-11-15(12-10-14)31-25-22-18(13-30-26(22)35)32-24(33-25)21-16(28)5-4-6-17(21)29/h2-12,23H,13H2,1H3,(H,30,35)(H,31,32,33). The largest absolute Gasteiger partial charge is 0.474 e. The zero-order valence-corrected chi connectivity index (χ0v) is 19.5. The fourth-order valence-electron chi connectivity index (χ4n) is 4.43. The number of hydrogen-bond donors (Lipinski definition) is 2. The highest BCUT2D eigenvalue weighted by atomic mass is 19.1. The zero-order chi connectivity index (χ0) is 25.7. The van der Waals surface area contributed by atoms with Gasteiger partial charge in [0.1, 0.15) is 28.8 Å². The van der Waals surface area contributed by atoms with Gasteiger partial charge in [-0.05, 0) is 36.4 Å². The Hall–Kier alpha value is -4.86. The maximum Gasteiger partial charge on any atom is 0.272 e.